The van der Waals surface area contributed by atoms with Crippen molar-refractivity contribution in [2.75, 3.05) is 11.5 Å². The third kappa shape index (κ3) is 4.55. The number of nitrogens with zero attached hydrogens (tertiary/aromatic N) is 2. The summed E-state index contributed by atoms with van der Waals surface area (Å²) in [5, 5.41) is 8.44. The molecule has 146 valence electrons. The zero-order valence-electron chi connectivity index (χ0n) is 15.6. The van der Waals surface area contributed by atoms with Crippen molar-refractivity contribution in [1.82, 2.24) is 10.3 Å². The molecule has 2 atom stereocenters. The Morgan fingerprint density at radius 1 is 1.30 bits per heavy atom. The number of sulfone groups is 1. The molecular weight excluding hydrogens is 366 g/mol. The molecule has 2 aliphatic heterocycles. The van der Waals surface area contributed by atoms with Crippen LogP contribution < -0.4 is 5.32 Å². The van der Waals surface area contributed by atoms with E-state index in [0.717, 1.165) is 17.5 Å². The summed E-state index contributed by atoms with van der Waals surface area (Å²) >= 11 is 0. The summed E-state index contributed by atoms with van der Waals surface area (Å²) in [6.45, 7) is 4.00. The molecule has 1 saturated heterocycles. The summed E-state index contributed by atoms with van der Waals surface area (Å²) in [6, 6.07) is 7.38. The monoisotopic (exact) mass is 391 g/mol. The van der Waals surface area contributed by atoms with Crippen LogP contribution in [-0.2, 0) is 19.4 Å². The lowest BCUT2D eigenvalue weighted by Crippen LogP contribution is -2.44. The van der Waals surface area contributed by atoms with Gasteiger partial charge in [0.15, 0.2) is 9.84 Å². The van der Waals surface area contributed by atoms with Crippen molar-refractivity contribution in [2.24, 2.45) is 5.10 Å². The van der Waals surface area contributed by atoms with E-state index in [1.807, 2.05) is 38.1 Å². The maximum atomic E-state index is 12.7. The number of rotatable bonds is 5. The number of hydrogen-bond donors (Lipinski definition) is 1. The van der Waals surface area contributed by atoms with Gasteiger partial charge in [-0.1, -0.05) is 36.8 Å². The molecule has 7 nitrogen and oxygen atoms in total. The highest BCUT2D eigenvalue weighted by Crippen LogP contribution is 2.23. The van der Waals surface area contributed by atoms with Crippen LogP contribution in [0.5, 0.6) is 0 Å². The molecule has 0 bridgehead atoms. The number of hydrogen-bond acceptors (Lipinski definition) is 5. The van der Waals surface area contributed by atoms with E-state index in [2.05, 4.69) is 10.4 Å². The largest absolute Gasteiger partial charge is 0.344 e. The first kappa shape index (κ1) is 19.5. The van der Waals surface area contributed by atoms with Crippen molar-refractivity contribution in [3.8, 4) is 0 Å². The van der Waals surface area contributed by atoms with Crippen molar-refractivity contribution in [3.63, 3.8) is 0 Å². The van der Waals surface area contributed by atoms with Gasteiger partial charge in [0.2, 0.25) is 5.91 Å². The Hall–Kier alpha value is -2.22. The average Bonchev–Trinajstić information content (AvgIpc) is 3.00. The van der Waals surface area contributed by atoms with Crippen LogP contribution in [0.25, 0.3) is 0 Å². The van der Waals surface area contributed by atoms with Crippen molar-refractivity contribution in [1.29, 1.82) is 0 Å². The van der Waals surface area contributed by atoms with Gasteiger partial charge in [-0.25, -0.2) is 13.4 Å². The second-order valence-corrected chi connectivity index (χ2v) is 9.42. The van der Waals surface area contributed by atoms with Crippen LogP contribution in [0, 0.1) is 6.92 Å². The smallest absolute Gasteiger partial charge is 0.267 e. The molecular formula is C19H25N3O4S. The number of carbonyl (C=O) groups is 2. The molecule has 1 aromatic carbocycles. The van der Waals surface area contributed by atoms with Gasteiger partial charge in [0.05, 0.1) is 23.6 Å². The molecule has 1 aromatic rings. The molecule has 1 N–H and O–H groups in total. The standard InChI is InChI=1S/C19H25N3O4S/c1-3-16(14-6-4-13(2)5-7-14)20-19(24)17-8-9-18(23)22(21-17)15-10-11-27(25,26)12-15/h4-7,15-16H,3,8-12H2,1-2H3,(H,20,24). The van der Waals surface area contributed by atoms with Crippen LogP contribution in [0.1, 0.15) is 49.8 Å². The Morgan fingerprint density at radius 3 is 2.59 bits per heavy atom. The fourth-order valence-electron chi connectivity index (χ4n) is 3.45. The topological polar surface area (TPSA) is 95.9 Å². The highest BCUT2D eigenvalue weighted by molar-refractivity contribution is 7.91. The third-order valence-electron chi connectivity index (χ3n) is 5.07. The second-order valence-electron chi connectivity index (χ2n) is 7.19. The van der Waals surface area contributed by atoms with Crippen LogP contribution in [0.4, 0.5) is 0 Å². The van der Waals surface area contributed by atoms with Crippen molar-refractivity contribution < 1.29 is 18.0 Å². The van der Waals surface area contributed by atoms with Crippen molar-refractivity contribution >= 4 is 27.4 Å². The van der Waals surface area contributed by atoms with Gasteiger partial charge in [0.25, 0.3) is 5.91 Å². The van der Waals surface area contributed by atoms with E-state index in [1.54, 1.807) is 0 Å². The Bertz CT molecular complexity index is 861. The minimum atomic E-state index is -3.13. The second kappa shape index (κ2) is 7.80. The highest BCUT2D eigenvalue weighted by Gasteiger charge is 2.37. The van der Waals surface area contributed by atoms with E-state index < -0.39 is 15.9 Å². The predicted molar refractivity (Wildman–Crippen MR) is 103 cm³/mol. The molecule has 0 aliphatic carbocycles. The van der Waals surface area contributed by atoms with Crippen molar-refractivity contribution in [2.45, 2.75) is 51.6 Å². The molecule has 27 heavy (non-hydrogen) atoms. The first-order valence-corrected chi connectivity index (χ1v) is 11.1. The van der Waals surface area contributed by atoms with Crippen LogP contribution in [0.15, 0.2) is 29.4 Å². The summed E-state index contributed by atoms with van der Waals surface area (Å²) in [4.78, 5) is 24.9. The molecule has 2 amide bonds. The number of carbonyl (C=O) groups excluding carboxylic acids is 2. The third-order valence-corrected chi connectivity index (χ3v) is 6.82. The van der Waals surface area contributed by atoms with E-state index >= 15 is 0 Å². The van der Waals surface area contributed by atoms with Gasteiger partial charge >= 0.3 is 0 Å². The highest BCUT2D eigenvalue weighted by atomic mass is 32.2. The molecule has 2 unspecified atom stereocenters. The average molecular weight is 391 g/mol. The summed E-state index contributed by atoms with van der Waals surface area (Å²) in [5.41, 5.74) is 2.45. The van der Waals surface area contributed by atoms with Gasteiger partial charge < -0.3 is 5.32 Å². The Labute approximate surface area is 159 Å². The first-order chi connectivity index (χ1) is 12.8. The fourth-order valence-corrected chi connectivity index (χ4v) is 5.14. The summed E-state index contributed by atoms with van der Waals surface area (Å²) in [6.07, 6.45) is 1.54. The zero-order chi connectivity index (χ0) is 19.6. The summed E-state index contributed by atoms with van der Waals surface area (Å²) in [7, 11) is -3.13. The minimum absolute atomic E-state index is 0.0594. The Kier molecular flexibility index (Phi) is 5.64. The molecule has 0 aromatic heterocycles. The lowest BCUT2D eigenvalue weighted by Gasteiger charge is -2.28. The molecule has 2 heterocycles. The SMILES string of the molecule is CCC(NC(=O)C1=NN(C2CCS(=O)(=O)C2)C(=O)CC1)c1ccc(C)cc1. The Morgan fingerprint density at radius 2 is 2.00 bits per heavy atom. The fraction of sp³-hybridized carbons (Fsp3) is 0.526. The lowest BCUT2D eigenvalue weighted by molar-refractivity contribution is -0.133. The normalized spacial score (nSPS) is 23.0. The van der Waals surface area contributed by atoms with E-state index in [-0.39, 0.29) is 47.9 Å². The molecule has 0 radical (unpaired) electrons. The van der Waals surface area contributed by atoms with E-state index in [0.29, 0.717) is 6.42 Å². The van der Waals surface area contributed by atoms with Crippen LogP contribution in [0.2, 0.25) is 0 Å². The summed E-state index contributed by atoms with van der Waals surface area (Å²) in [5.74, 6) is -0.554. The van der Waals surface area contributed by atoms with Gasteiger partial charge in [-0.2, -0.15) is 5.10 Å². The van der Waals surface area contributed by atoms with Crippen LogP contribution in [0.3, 0.4) is 0 Å². The molecule has 0 saturated carbocycles. The lowest BCUT2D eigenvalue weighted by atomic mass is 10.0. The molecule has 8 heteroatoms. The van der Waals surface area contributed by atoms with E-state index in [1.165, 1.54) is 5.01 Å². The molecule has 0 spiro atoms. The van der Waals surface area contributed by atoms with E-state index in [9.17, 15) is 18.0 Å². The van der Waals surface area contributed by atoms with Gasteiger partial charge in [-0.05, 0) is 25.3 Å². The van der Waals surface area contributed by atoms with E-state index in [4.69, 9.17) is 0 Å². The Balaban J connectivity index is 1.74. The molecule has 2 aliphatic rings. The number of hydrazone groups is 1. The zero-order valence-corrected chi connectivity index (χ0v) is 16.5. The van der Waals surface area contributed by atoms with Crippen molar-refractivity contribution in [3.05, 3.63) is 35.4 Å². The maximum Gasteiger partial charge on any atom is 0.267 e. The number of nitrogens with one attached hydrogen (secondary N) is 1. The molecule has 3 rings (SSSR count). The van der Waals surface area contributed by atoms with Gasteiger partial charge in [0, 0.05) is 12.8 Å². The predicted octanol–water partition coefficient (Wildman–Crippen LogP) is 1.73. The first-order valence-electron chi connectivity index (χ1n) is 9.26. The van der Waals surface area contributed by atoms with Crippen LogP contribution in [-0.4, -0.2) is 48.5 Å². The molecule has 1 fully saturated rings. The van der Waals surface area contributed by atoms with Crippen LogP contribution >= 0.6 is 0 Å². The quantitative estimate of drug-likeness (QED) is 0.827. The maximum absolute atomic E-state index is 12.7. The number of aryl methyl sites for hydroxylation is 1. The minimum Gasteiger partial charge on any atom is -0.344 e. The van der Waals surface area contributed by atoms with Gasteiger partial charge in [-0.3, -0.25) is 9.59 Å². The van der Waals surface area contributed by atoms with Gasteiger partial charge in [-0.15, -0.1) is 0 Å². The van der Waals surface area contributed by atoms with Gasteiger partial charge in [0.1, 0.15) is 5.71 Å². The number of amides is 2. The number of benzene rings is 1. The summed E-state index contributed by atoms with van der Waals surface area (Å²) < 4.78 is 23.4.